The zero-order valence-electron chi connectivity index (χ0n) is 6.72. The summed E-state index contributed by atoms with van der Waals surface area (Å²) in [5.41, 5.74) is 0. The lowest BCUT2D eigenvalue weighted by Gasteiger charge is -2.20. The first-order valence-corrected chi connectivity index (χ1v) is 4.14. The van der Waals surface area contributed by atoms with Gasteiger partial charge in [0, 0.05) is 6.42 Å². The first kappa shape index (κ1) is 9.42. The van der Waals surface area contributed by atoms with Crippen LogP contribution in [-0.2, 0) is 4.79 Å². The lowest BCUT2D eigenvalue weighted by molar-refractivity contribution is -0.157. The van der Waals surface area contributed by atoms with Crippen LogP contribution in [0.15, 0.2) is 0 Å². The molecule has 0 spiro atoms. The highest BCUT2D eigenvalue weighted by Gasteiger charge is 2.44. The largest absolute Gasteiger partial charge is 0.481 e. The Balaban J connectivity index is 2.71. The van der Waals surface area contributed by atoms with Crippen molar-refractivity contribution in [2.24, 2.45) is 5.92 Å². The number of carbonyl (C=O) groups is 1. The molecule has 4 heteroatoms. The van der Waals surface area contributed by atoms with Crippen LogP contribution in [0.4, 0.5) is 8.78 Å². The molecule has 0 amide bonds. The van der Waals surface area contributed by atoms with E-state index in [1.54, 1.807) is 0 Å². The molecule has 0 aromatic carbocycles. The van der Waals surface area contributed by atoms with Crippen molar-refractivity contribution in [2.45, 2.75) is 38.0 Å². The second-order valence-corrected chi connectivity index (χ2v) is 3.25. The molecule has 70 valence electrons. The summed E-state index contributed by atoms with van der Waals surface area (Å²) in [7, 11) is 0. The quantitative estimate of drug-likeness (QED) is 0.625. The number of alkyl halides is 2. The molecule has 0 aromatic heterocycles. The molecule has 12 heavy (non-hydrogen) atoms. The molecule has 1 atom stereocenters. The smallest absolute Gasteiger partial charge is 0.312 e. The van der Waals surface area contributed by atoms with Gasteiger partial charge in [0.2, 0.25) is 0 Å². The second-order valence-electron chi connectivity index (χ2n) is 3.25. The van der Waals surface area contributed by atoms with Crippen LogP contribution in [0.2, 0.25) is 0 Å². The van der Waals surface area contributed by atoms with Gasteiger partial charge in [-0.25, -0.2) is 8.78 Å². The van der Waals surface area contributed by atoms with E-state index in [9.17, 15) is 13.6 Å². The Morgan fingerprint density at radius 2 is 2.00 bits per heavy atom. The first-order valence-electron chi connectivity index (χ1n) is 4.14. The molecule has 0 saturated heterocycles. The Morgan fingerprint density at radius 3 is 2.58 bits per heavy atom. The summed E-state index contributed by atoms with van der Waals surface area (Å²) in [5.74, 6) is -5.82. The van der Waals surface area contributed by atoms with Crippen LogP contribution >= 0.6 is 0 Å². The molecule has 1 rings (SSSR count). The minimum Gasteiger partial charge on any atom is -0.481 e. The van der Waals surface area contributed by atoms with Crippen LogP contribution in [0, 0.1) is 5.92 Å². The third-order valence-electron chi connectivity index (χ3n) is 2.31. The maximum Gasteiger partial charge on any atom is 0.312 e. The lowest BCUT2D eigenvalue weighted by atomic mass is 9.97. The summed E-state index contributed by atoms with van der Waals surface area (Å²) < 4.78 is 26.0. The van der Waals surface area contributed by atoms with Crippen molar-refractivity contribution in [1.29, 1.82) is 0 Å². The van der Waals surface area contributed by atoms with E-state index in [0.717, 1.165) is 6.42 Å². The molecule has 1 N–H and O–H groups in total. The zero-order chi connectivity index (χ0) is 9.19. The van der Waals surface area contributed by atoms with E-state index in [2.05, 4.69) is 0 Å². The van der Waals surface area contributed by atoms with Gasteiger partial charge in [0.1, 0.15) is 5.92 Å². The molecule has 0 aliphatic heterocycles. The van der Waals surface area contributed by atoms with E-state index in [-0.39, 0.29) is 12.8 Å². The number of halogens is 2. The van der Waals surface area contributed by atoms with Crippen LogP contribution in [0.5, 0.6) is 0 Å². The van der Waals surface area contributed by atoms with Crippen LogP contribution in [0.25, 0.3) is 0 Å². The molecule has 0 bridgehead atoms. The van der Waals surface area contributed by atoms with Crippen LogP contribution in [-0.4, -0.2) is 17.0 Å². The molecule has 1 saturated carbocycles. The monoisotopic (exact) mass is 178 g/mol. The number of hydrogen-bond acceptors (Lipinski definition) is 1. The van der Waals surface area contributed by atoms with E-state index < -0.39 is 17.8 Å². The molecule has 2 nitrogen and oxygen atoms in total. The summed E-state index contributed by atoms with van der Waals surface area (Å²) >= 11 is 0. The van der Waals surface area contributed by atoms with Gasteiger partial charge in [0.05, 0.1) is 0 Å². The van der Waals surface area contributed by atoms with Crippen molar-refractivity contribution in [1.82, 2.24) is 0 Å². The van der Waals surface area contributed by atoms with E-state index >= 15 is 0 Å². The molecule has 1 fully saturated rings. The zero-order valence-corrected chi connectivity index (χ0v) is 6.72. The van der Waals surface area contributed by atoms with Crippen molar-refractivity contribution in [3.05, 3.63) is 0 Å². The predicted molar refractivity (Wildman–Crippen MR) is 39.2 cm³/mol. The van der Waals surface area contributed by atoms with E-state index in [1.165, 1.54) is 0 Å². The van der Waals surface area contributed by atoms with Crippen molar-refractivity contribution < 1.29 is 18.7 Å². The third-order valence-corrected chi connectivity index (χ3v) is 2.31. The number of carboxylic acids is 1. The maximum absolute atomic E-state index is 13.0. The molecular formula is C8H12F2O2. The van der Waals surface area contributed by atoms with Gasteiger partial charge >= 0.3 is 5.97 Å². The van der Waals surface area contributed by atoms with Crippen molar-refractivity contribution in [2.75, 3.05) is 0 Å². The summed E-state index contributed by atoms with van der Waals surface area (Å²) in [6.07, 6.45) is 1.61. The minimum atomic E-state index is -3.00. The van der Waals surface area contributed by atoms with Crippen molar-refractivity contribution in [3.8, 4) is 0 Å². The average Bonchev–Trinajstić information content (AvgIpc) is 2.09. The number of rotatable bonds is 1. The average molecular weight is 178 g/mol. The predicted octanol–water partition coefficient (Wildman–Crippen LogP) is 2.29. The Labute approximate surface area is 69.6 Å². The fraction of sp³-hybridized carbons (Fsp3) is 0.875. The SMILES string of the molecule is O=C(O)[C@@H]1CCCCCC1(F)F. The van der Waals surface area contributed by atoms with Crippen LogP contribution in [0.1, 0.15) is 32.1 Å². The van der Waals surface area contributed by atoms with Gasteiger partial charge < -0.3 is 5.11 Å². The lowest BCUT2D eigenvalue weighted by Crippen LogP contribution is -2.33. The standard InChI is InChI=1S/C8H12F2O2/c9-8(10)5-3-1-2-4-6(8)7(11)12/h6H,1-5H2,(H,11,12)/t6-/m0/s1. The van der Waals surface area contributed by atoms with Gasteiger partial charge in [0.25, 0.3) is 5.92 Å². The minimum absolute atomic E-state index is 0.113. The van der Waals surface area contributed by atoms with Gasteiger partial charge in [-0.05, 0) is 12.8 Å². The van der Waals surface area contributed by atoms with Crippen LogP contribution < -0.4 is 0 Å². The highest BCUT2D eigenvalue weighted by Crippen LogP contribution is 2.37. The highest BCUT2D eigenvalue weighted by molar-refractivity contribution is 5.71. The molecule has 1 aliphatic carbocycles. The Bertz CT molecular complexity index is 180. The molecule has 0 unspecified atom stereocenters. The summed E-state index contributed by atoms with van der Waals surface area (Å²) in [5, 5.41) is 8.52. The molecule has 0 radical (unpaired) electrons. The van der Waals surface area contributed by atoms with Gasteiger partial charge in [-0.2, -0.15) is 0 Å². The van der Waals surface area contributed by atoms with E-state index in [1.807, 2.05) is 0 Å². The normalized spacial score (nSPS) is 29.3. The Hall–Kier alpha value is -0.670. The molecule has 0 heterocycles. The Morgan fingerprint density at radius 1 is 1.33 bits per heavy atom. The van der Waals surface area contributed by atoms with Gasteiger partial charge in [-0.3, -0.25) is 4.79 Å². The topological polar surface area (TPSA) is 37.3 Å². The van der Waals surface area contributed by atoms with Gasteiger partial charge in [0.15, 0.2) is 0 Å². The van der Waals surface area contributed by atoms with E-state index in [0.29, 0.717) is 12.8 Å². The van der Waals surface area contributed by atoms with Crippen LogP contribution in [0.3, 0.4) is 0 Å². The molecular weight excluding hydrogens is 166 g/mol. The van der Waals surface area contributed by atoms with Gasteiger partial charge in [-0.1, -0.05) is 12.8 Å². The number of carboxylic acid groups (broad SMARTS) is 1. The number of hydrogen-bond donors (Lipinski definition) is 1. The summed E-state index contributed by atoms with van der Waals surface area (Å²) in [4.78, 5) is 10.4. The van der Waals surface area contributed by atoms with Crippen molar-refractivity contribution in [3.63, 3.8) is 0 Å². The fourth-order valence-corrected chi connectivity index (χ4v) is 1.58. The van der Waals surface area contributed by atoms with E-state index in [4.69, 9.17) is 5.11 Å². The maximum atomic E-state index is 13.0. The van der Waals surface area contributed by atoms with Crippen molar-refractivity contribution >= 4 is 5.97 Å². The molecule has 0 aromatic rings. The fourth-order valence-electron chi connectivity index (χ4n) is 1.58. The highest BCUT2D eigenvalue weighted by atomic mass is 19.3. The summed E-state index contributed by atoms with van der Waals surface area (Å²) in [6, 6.07) is 0. The summed E-state index contributed by atoms with van der Waals surface area (Å²) in [6.45, 7) is 0. The third kappa shape index (κ3) is 1.93. The Kier molecular flexibility index (Phi) is 2.65. The first-order chi connectivity index (χ1) is 5.54. The number of aliphatic carboxylic acids is 1. The second kappa shape index (κ2) is 3.37. The van der Waals surface area contributed by atoms with Gasteiger partial charge in [-0.15, -0.1) is 0 Å². The molecule has 1 aliphatic rings.